The van der Waals surface area contributed by atoms with Gasteiger partial charge in [0.25, 0.3) is 0 Å². The Morgan fingerprint density at radius 3 is 2.83 bits per heavy atom. The van der Waals surface area contributed by atoms with Gasteiger partial charge in [-0.1, -0.05) is 30.3 Å². The zero-order valence-corrected chi connectivity index (χ0v) is 13.2. The monoisotopic (exact) mass is 308 g/mol. The number of rotatable bonds is 6. The first-order valence-electron chi connectivity index (χ1n) is 7.95. The van der Waals surface area contributed by atoms with Gasteiger partial charge in [0.05, 0.1) is 18.3 Å². The number of aromatic amines is 1. The van der Waals surface area contributed by atoms with Gasteiger partial charge in [-0.2, -0.15) is 0 Å². The summed E-state index contributed by atoms with van der Waals surface area (Å²) >= 11 is 0. The lowest BCUT2D eigenvalue weighted by atomic mass is 10.0. The Morgan fingerprint density at radius 2 is 2.04 bits per heavy atom. The molecule has 4 heteroatoms. The molecule has 118 valence electrons. The fourth-order valence-corrected chi connectivity index (χ4v) is 2.73. The zero-order chi connectivity index (χ0) is 16.1. The highest BCUT2D eigenvalue weighted by Crippen LogP contribution is 2.21. The standard InChI is InChI=1S/C19H20N2O2/c1-2-23-19(22)17-11-16-15(12-20-18(16)13-21-17)10-6-9-14-7-4-3-5-8-14/h3-5,7-8,11-13,20H,2,6,9-10H2,1H3. The molecule has 23 heavy (non-hydrogen) atoms. The van der Waals surface area contributed by atoms with E-state index in [-0.39, 0.29) is 5.97 Å². The topological polar surface area (TPSA) is 55.0 Å². The molecular formula is C19H20N2O2. The van der Waals surface area contributed by atoms with Crippen molar-refractivity contribution in [1.82, 2.24) is 9.97 Å². The molecule has 0 aliphatic rings. The van der Waals surface area contributed by atoms with Gasteiger partial charge in [0, 0.05) is 11.6 Å². The minimum Gasteiger partial charge on any atom is -0.461 e. The van der Waals surface area contributed by atoms with E-state index in [0.717, 1.165) is 30.2 Å². The number of hydrogen-bond acceptors (Lipinski definition) is 3. The smallest absolute Gasteiger partial charge is 0.356 e. The number of aryl methyl sites for hydroxylation is 2. The Bertz CT molecular complexity index is 793. The highest BCUT2D eigenvalue weighted by molar-refractivity contribution is 5.93. The van der Waals surface area contributed by atoms with Gasteiger partial charge in [0.1, 0.15) is 5.69 Å². The first kappa shape index (κ1) is 15.3. The molecule has 3 aromatic rings. The van der Waals surface area contributed by atoms with Crippen LogP contribution in [-0.2, 0) is 17.6 Å². The molecule has 0 bridgehead atoms. The van der Waals surface area contributed by atoms with Crippen molar-refractivity contribution < 1.29 is 9.53 Å². The van der Waals surface area contributed by atoms with Crippen LogP contribution in [-0.4, -0.2) is 22.5 Å². The second-order valence-corrected chi connectivity index (χ2v) is 5.49. The molecule has 0 aliphatic heterocycles. The first-order valence-corrected chi connectivity index (χ1v) is 7.95. The van der Waals surface area contributed by atoms with E-state index in [1.807, 2.05) is 18.3 Å². The maximum absolute atomic E-state index is 11.8. The van der Waals surface area contributed by atoms with Crippen LogP contribution in [0.1, 0.15) is 35.0 Å². The van der Waals surface area contributed by atoms with Gasteiger partial charge in [0.15, 0.2) is 0 Å². The van der Waals surface area contributed by atoms with Crippen molar-refractivity contribution >= 4 is 16.9 Å². The number of H-pyrrole nitrogens is 1. The lowest BCUT2D eigenvalue weighted by Gasteiger charge is -2.03. The summed E-state index contributed by atoms with van der Waals surface area (Å²) in [5, 5.41) is 1.05. The molecule has 0 saturated heterocycles. The summed E-state index contributed by atoms with van der Waals surface area (Å²) in [4.78, 5) is 19.2. The first-order chi connectivity index (χ1) is 11.3. The number of carbonyl (C=O) groups excluding carboxylic acids is 1. The molecule has 2 aromatic heterocycles. The van der Waals surface area contributed by atoms with Gasteiger partial charge in [-0.3, -0.25) is 0 Å². The van der Waals surface area contributed by atoms with Gasteiger partial charge in [-0.05, 0) is 43.4 Å². The maximum Gasteiger partial charge on any atom is 0.356 e. The fourth-order valence-electron chi connectivity index (χ4n) is 2.73. The van der Waals surface area contributed by atoms with Gasteiger partial charge in [0.2, 0.25) is 0 Å². The lowest BCUT2D eigenvalue weighted by molar-refractivity contribution is 0.0520. The third-order valence-corrected chi connectivity index (χ3v) is 3.89. The number of benzene rings is 1. The van der Waals surface area contributed by atoms with Crippen LogP contribution in [0.25, 0.3) is 10.9 Å². The van der Waals surface area contributed by atoms with E-state index in [4.69, 9.17) is 4.74 Å². The van der Waals surface area contributed by atoms with E-state index in [0.29, 0.717) is 12.3 Å². The minimum absolute atomic E-state index is 0.357. The van der Waals surface area contributed by atoms with Crippen LogP contribution in [0, 0.1) is 0 Å². The number of carbonyl (C=O) groups is 1. The molecule has 0 unspecified atom stereocenters. The largest absolute Gasteiger partial charge is 0.461 e. The quantitative estimate of drug-likeness (QED) is 0.702. The van der Waals surface area contributed by atoms with Crippen molar-refractivity contribution in [2.45, 2.75) is 26.2 Å². The summed E-state index contributed by atoms with van der Waals surface area (Å²) < 4.78 is 5.02. The van der Waals surface area contributed by atoms with Gasteiger partial charge in [-0.15, -0.1) is 0 Å². The summed E-state index contributed by atoms with van der Waals surface area (Å²) in [6, 6.07) is 12.3. The number of aromatic nitrogens is 2. The van der Waals surface area contributed by atoms with E-state index in [1.165, 1.54) is 11.1 Å². The second kappa shape index (κ2) is 7.09. The van der Waals surface area contributed by atoms with Crippen molar-refractivity contribution in [2.24, 2.45) is 0 Å². The number of pyridine rings is 1. The molecule has 0 amide bonds. The van der Waals surface area contributed by atoms with Crippen molar-refractivity contribution in [3.8, 4) is 0 Å². The van der Waals surface area contributed by atoms with Crippen LogP contribution in [0.5, 0.6) is 0 Å². The Labute approximate surface area is 135 Å². The summed E-state index contributed by atoms with van der Waals surface area (Å²) in [7, 11) is 0. The Kier molecular flexibility index (Phi) is 4.71. The van der Waals surface area contributed by atoms with Crippen LogP contribution in [0.2, 0.25) is 0 Å². The normalized spacial score (nSPS) is 10.8. The molecule has 2 heterocycles. The number of nitrogens with one attached hydrogen (secondary N) is 1. The maximum atomic E-state index is 11.8. The third kappa shape index (κ3) is 3.59. The summed E-state index contributed by atoms with van der Waals surface area (Å²) in [6.07, 6.45) is 6.77. The van der Waals surface area contributed by atoms with E-state index < -0.39 is 0 Å². The number of fused-ring (bicyclic) bond motifs is 1. The van der Waals surface area contributed by atoms with Gasteiger partial charge in [-0.25, -0.2) is 9.78 Å². The Morgan fingerprint density at radius 1 is 1.22 bits per heavy atom. The van der Waals surface area contributed by atoms with Crippen LogP contribution in [0.15, 0.2) is 48.8 Å². The molecule has 0 radical (unpaired) electrons. The van der Waals surface area contributed by atoms with Crippen LogP contribution >= 0.6 is 0 Å². The van der Waals surface area contributed by atoms with Gasteiger partial charge < -0.3 is 9.72 Å². The number of nitrogens with zero attached hydrogens (tertiary/aromatic N) is 1. The van der Waals surface area contributed by atoms with Gasteiger partial charge >= 0.3 is 5.97 Å². The number of ether oxygens (including phenoxy) is 1. The number of hydrogen-bond donors (Lipinski definition) is 1. The molecule has 0 atom stereocenters. The minimum atomic E-state index is -0.370. The zero-order valence-electron chi connectivity index (χ0n) is 13.2. The summed E-state index contributed by atoms with van der Waals surface area (Å²) in [6.45, 7) is 2.15. The highest BCUT2D eigenvalue weighted by Gasteiger charge is 2.11. The van der Waals surface area contributed by atoms with Crippen LogP contribution in [0.4, 0.5) is 0 Å². The Hall–Kier alpha value is -2.62. The van der Waals surface area contributed by atoms with Crippen LogP contribution < -0.4 is 0 Å². The Balaban J connectivity index is 1.73. The average Bonchev–Trinajstić information content (AvgIpc) is 2.98. The van der Waals surface area contributed by atoms with E-state index in [2.05, 4.69) is 34.2 Å². The highest BCUT2D eigenvalue weighted by atomic mass is 16.5. The molecule has 0 saturated carbocycles. The van der Waals surface area contributed by atoms with Crippen LogP contribution in [0.3, 0.4) is 0 Å². The molecule has 3 rings (SSSR count). The molecule has 0 aliphatic carbocycles. The second-order valence-electron chi connectivity index (χ2n) is 5.49. The van der Waals surface area contributed by atoms with Crippen molar-refractivity contribution in [1.29, 1.82) is 0 Å². The van der Waals surface area contributed by atoms with E-state index >= 15 is 0 Å². The SMILES string of the molecule is CCOC(=O)c1cc2c(CCCc3ccccc3)c[nH]c2cn1. The lowest BCUT2D eigenvalue weighted by Crippen LogP contribution is -2.06. The van der Waals surface area contributed by atoms with E-state index in [9.17, 15) is 4.79 Å². The summed E-state index contributed by atoms with van der Waals surface area (Å²) in [5.74, 6) is -0.370. The molecule has 1 N–H and O–H groups in total. The van der Waals surface area contributed by atoms with Crippen molar-refractivity contribution in [2.75, 3.05) is 6.61 Å². The fraction of sp³-hybridized carbons (Fsp3) is 0.263. The molecule has 1 aromatic carbocycles. The van der Waals surface area contributed by atoms with Crippen molar-refractivity contribution in [3.63, 3.8) is 0 Å². The molecule has 4 nitrogen and oxygen atoms in total. The van der Waals surface area contributed by atoms with Crippen molar-refractivity contribution in [3.05, 3.63) is 65.6 Å². The molecular weight excluding hydrogens is 288 g/mol. The average molecular weight is 308 g/mol. The molecule has 0 fully saturated rings. The predicted octanol–water partition coefficient (Wildman–Crippen LogP) is 3.91. The number of esters is 1. The summed E-state index contributed by atoms with van der Waals surface area (Å²) in [5.41, 5.74) is 3.88. The molecule has 0 spiro atoms. The van der Waals surface area contributed by atoms with E-state index in [1.54, 1.807) is 13.1 Å². The predicted molar refractivity (Wildman–Crippen MR) is 90.5 cm³/mol. The third-order valence-electron chi connectivity index (χ3n) is 3.89.